The Kier molecular flexibility index (Phi) is 1.60. The van der Waals surface area contributed by atoms with Crippen molar-refractivity contribution in [3.63, 3.8) is 0 Å². The summed E-state index contributed by atoms with van der Waals surface area (Å²) in [5.74, 6) is -1.62. The van der Waals surface area contributed by atoms with E-state index in [1.54, 1.807) is 0 Å². The van der Waals surface area contributed by atoms with Crippen LogP contribution in [0.1, 0.15) is 31.2 Å². The van der Waals surface area contributed by atoms with E-state index < -0.39 is 25.0 Å². The van der Waals surface area contributed by atoms with Gasteiger partial charge in [0.2, 0.25) is 0 Å². The monoisotopic (exact) mass is 148 g/mol. The molecule has 0 aromatic carbocycles. The minimum absolute atomic E-state index is 0.425. The predicted molar refractivity (Wildman–Crippen MR) is 39.6 cm³/mol. The maximum atomic E-state index is 9.23. The van der Waals surface area contributed by atoms with E-state index in [0.717, 1.165) is 12.8 Å². The number of hydrogen-bond donors (Lipinski definition) is 2. The van der Waals surface area contributed by atoms with E-state index in [9.17, 15) is 10.2 Å². The normalized spacial score (nSPS) is 43.0. The molecule has 0 amide bonds. The van der Waals surface area contributed by atoms with Gasteiger partial charge in [0.25, 0.3) is 0 Å². The van der Waals surface area contributed by atoms with Crippen LogP contribution in [0.3, 0.4) is 0 Å². The molecule has 2 nitrogen and oxygen atoms in total. The van der Waals surface area contributed by atoms with Gasteiger partial charge in [0.1, 0.15) is 0 Å². The van der Waals surface area contributed by atoms with Crippen LogP contribution in [0.15, 0.2) is 0 Å². The Bertz CT molecular complexity index is 174. The lowest BCUT2D eigenvalue weighted by atomic mass is 9.80. The standard InChI is InChI=1S/C8H16O2/c9-5-7-3-1-2-4-8(7)6-10/h7-10H,1-6H2/t7-,8-/m0/s1/i5D2,6D2. The Morgan fingerprint density at radius 1 is 1.10 bits per heavy atom. The highest BCUT2D eigenvalue weighted by atomic mass is 16.3. The molecule has 1 rings (SSSR count). The van der Waals surface area contributed by atoms with E-state index in [1.807, 2.05) is 0 Å². The lowest BCUT2D eigenvalue weighted by Crippen LogP contribution is -2.25. The molecule has 0 heterocycles. The van der Waals surface area contributed by atoms with Crippen LogP contribution < -0.4 is 0 Å². The van der Waals surface area contributed by atoms with Crippen LogP contribution in [-0.4, -0.2) is 23.3 Å². The summed E-state index contributed by atoms with van der Waals surface area (Å²) in [5.41, 5.74) is 0. The lowest BCUT2D eigenvalue weighted by Gasteiger charge is -2.28. The van der Waals surface area contributed by atoms with Crippen molar-refractivity contribution in [3.05, 3.63) is 0 Å². The van der Waals surface area contributed by atoms with Gasteiger partial charge in [0.05, 0.1) is 5.48 Å². The predicted octanol–water partition coefficient (Wildman–Crippen LogP) is 0.777. The van der Waals surface area contributed by atoms with E-state index in [0.29, 0.717) is 12.8 Å². The van der Waals surface area contributed by atoms with Crippen molar-refractivity contribution in [2.45, 2.75) is 25.7 Å². The first-order chi connectivity index (χ1) is 6.23. The highest BCUT2D eigenvalue weighted by Gasteiger charge is 2.23. The molecular formula is C8H16O2. The molecule has 1 saturated carbocycles. The van der Waals surface area contributed by atoms with E-state index in [1.165, 1.54) is 0 Å². The Hall–Kier alpha value is -0.0800. The summed E-state index contributed by atoms with van der Waals surface area (Å²) in [7, 11) is 0. The summed E-state index contributed by atoms with van der Waals surface area (Å²) in [6.07, 6.45) is 2.40. The SMILES string of the molecule is [2H]C([2H])(O)[C@@H]1CCCC[C@H]1C([2H])([2H])O. The molecule has 0 unspecified atom stereocenters. The molecule has 0 radical (unpaired) electrons. The van der Waals surface area contributed by atoms with Gasteiger partial charge in [0.15, 0.2) is 0 Å². The maximum absolute atomic E-state index is 9.23. The molecular weight excluding hydrogens is 128 g/mol. The number of hydrogen-bond acceptors (Lipinski definition) is 2. The Balaban J connectivity index is 2.80. The fraction of sp³-hybridized carbons (Fsp3) is 1.00. The highest BCUT2D eigenvalue weighted by Crippen LogP contribution is 2.28. The summed E-state index contributed by atoms with van der Waals surface area (Å²) < 4.78 is 28.7. The molecule has 1 aliphatic rings. The quantitative estimate of drug-likeness (QED) is 0.607. The van der Waals surface area contributed by atoms with Gasteiger partial charge in [-0.1, -0.05) is 12.8 Å². The fourth-order valence-electron chi connectivity index (χ4n) is 1.44. The van der Waals surface area contributed by atoms with Crippen LogP contribution in [0.5, 0.6) is 0 Å². The van der Waals surface area contributed by atoms with Gasteiger partial charge in [0, 0.05) is 13.1 Å². The van der Waals surface area contributed by atoms with Crippen LogP contribution in [0.25, 0.3) is 0 Å². The van der Waals surface area contributed by atoms with Crippen molar-refractivity contribution >= 4 is 0 Å². The summed E-state index contributed by atoms with van der Waals surface area (Å²) in [6, 6.07) is 0. The zero-order valence-corrected chi connectivity index (χ0v) is 5.88. The molecule has 0 aromatic heterocycles. The van der Waals surface area contributed by atoms with Crippen molar-refractivity contribution in [2.75, 3.05) is 13.1 Å². The third-order valence-corrected chi connectivity index (χ3v) is 2.10. The van der Waals surface area contributed by atoms with Gasteiger partial charge in [-0.3, -0.25) is 0 Å². The van der Waals surface area contributed by atoms with Gasteiger partial charge in [-0.15, -0.1) is 0 Å². The van der Waals surface area contributed by atoms with Crippen LogP contribution in [0.4, 0.5) is 0 Å². The van der Waals surface area contributed by atoms with Crippen LogP contribution in [-0.2, 0) is 0 Å². The first kappa shape index (κ1) is 4.07. The highest BCUT2D eigenvalue weighted by molar-refractivity contribution is 4.73. The van der Waals surface area contributed by atoms with Gasteiger partial charge in [-0.05, 0) is 24.7 Å². The molecule has 1 fully saturated rings. The molecule has 60 valence electrons. The van der Waals surface area contributed by atoms with E-state index >= 15 is 0 Å². The fourth-order valence-corrected chi connectivity index (χ4v) is 1.44. The summed E-state index contributed by atoms with van der Waals surface area (Å²) >= 11 is 0. The van der Waals surface area contributed by atoms with Crippen molar-refractivity contribution in [1.29, 1.82) is 0 Å². The summed E-state index contributed by atoms with van der Waals surface area (Å²) in [5, 5.41) is 18.5. The zero-order chi connectivity index (χ0) is 11.0. The van der Waals surface area contributed by atoms with Gasteiger partial charge >= 0.3 is 0 Å². The zero-order valence-electron chi connectivity index (χ0n) is 9.88. The molecule has 0 aromatic rings. The van der Waals surface area contributed by atoms with E-state index in [4.69, 9.17) is 5.48 Å². The van der Waals surface area contributed by atoms with Crippen LogP contribution in [0.2, 0.25) is 0 Å². The van der Waals surface area contributed by atoms with Gasteiger partial charge in [-0.25, -0.2) is 0 Å². The third kappa shape index (κ3) is 1.70. The number of rotatable bonds is 2. The molecule has 0 bridgehead atoms. The molecule has 0 spiro atoms. The average Bonchev–Trinajstić information content (AvgIpc) is 2.01. The van der Waals surface area contributed by atoms with Crippen molar-refractivity contribution in [1.82, 2.24) is 0 Å². The second-order valence-electron chi connectivity index (χ2n) is 2.76. The third-order valence-electron chi connectivity index (χ3n) is 2.10. The second kappa shape index (κ2) is 3.94. The molecule has 0 aliphatic heterocycles. The second-order valence-corrected chi connectivity index (χ2v) is 2.76. The van der Waals surface area contributed by atoms with Crippen LogP contribution in [0, 0.1) is 11.8 Å². The average molecular weight is 148 g/mol. The first-order valence-corrected chi connectivity index (χ1v) is 3.67. The first-order valence-electron chi connectivity index (χ1n) is 5.67. The van der Waals surface area contributed by atoms with Gasteiger partial charge in [-0.2, -0.15) is 0 Å². The van der Waals surface area contributed by atoms with Gasteiger partial charge < -0.3 is 10.2 Å². The topological polar surface area (TPSA) is 40.5 Å². The van der Waals surface area contributed by atoms with Crippen LogP contribution >= 0.6 is 0 Å². The molecule has 2 heteroatoms. The van der Waals surface area contributed by atoms with Crippen molar-refractivity contribution in [3.8, 4) is 0 Å². The summed E-state index contributed by atoms with van der Waals surface area (Å²) in [4.78, 5) is 0. The van der Waals surface area contributed by atoms with E-state index in [2.05, 4.69) is 0 Å². The minimum Gasteiger partial charge on any atom is -0.396 e. The molecule has 2 atom stereocenters. The molecule has 1 aliphatic carbocycles. The lowest BCUT2D eigenvalue weighted by molar-refractivity contribution is 0.0869. The Morgan fingerprint density at radius 3 is 1.80 bits per heavy atom. The molecule has 10 heavy (non-hydrogen) atoms. The Labute approximate surface area is 67.5 Å². The molecule has 0 saturated heterocycles. The molecule has 2 N–H and O–H groups in total. The smallest absolute Gasteiger partial charge is 0.0567 e. The largest absolute Gasteiger partial charge is 0.396 e. The summed E-state index contributed by atoms with van der Waals surface area (Å²) in [6.45, 7) is -4.80. The minimum atomic E-state index is -2.40. The maximum Gasteiger partial charge on any atom is 0.0567 e. The van der Waals surface area contributed by atoms with Crippen molar-refractivity contribution in [2.24, 2.45) is 11.8 Å². The van der Waals surface area contributed by atoms with E-state index in [-0.39, 0.29) is 0 Å². The van der Waals surface area contributed by atoms with Crippen molar-refractivity contribution < 1.29 is 15.7 Å². The Morgan fingerprint density at radius 2 is 1.50 bits per heavy atom. The number of aliphatic hydroxyl groups is 2.